The lowest BCUT2D eigenvalue weighted by Gasteiger charge is -2.17. The third-order valence-corrected chi connectivity index (χ3v) is 4.17. The molecule has 1 aromatic carbocycles. The topological polar surface area (TPSA) is 34.4 Å². The summed E-state index contributed by atoms with van der Waals surface area (Å²) in [4.78, 5) is 10.8. The van der Waals surface area contributed by atoms with E-state index in [4.69, 9.17) is 11.6 Å². The van der Waals surface area contributed by atoms with Crippen molar-refractivity contribution in [3.8, 4) is 11.3 Å². The number of halogens is 2. The fourth-order valence-corrected chi connectivity index (χ4v) is 3.15. The second kappa shape index (κ2) is 6.57. The molecule has 0 aliphatic carbocycles. The first-order chi connectivity index (χ1) is 11.5. The fraction of sp³-hybridized carbons (Fsp3) is 0.158. The van der Waals surface area contributed by atoms with Crippen molar-refractivity contribution in [2.24, 2.45) is 0 Å². The third-order valence-electron chi connectivity index (χ3n) is 3.86. The second-order valence-corrected chi connectivity index (χ2v) is 6.20. The summed E-state index contributed by atoms with van der Waals surface area (Å²) in [6.45, 7) is 4.16. The number of aldehydes is 1. The van der Waals surface area contributed by atoms with Crippen molar-refractivity contribution in [2.45, 2.75) is 19.8 Å². The summed E-state index contributed by atoms with van der Waals surface area (Å²) >= 11 is 6.24. The molecule has 122 valence electrons. The zero-order valence-corrected chi connectivity index (χ0v) is 14.1. The average Bonchev–Trinajstić information content (AvgIpc) is 2.99. The monoisotopic (exact) mass is 342 g/mol. The van der Waals surface area contributed by atoms with E-state index in [0.717, 1.165) is 22.9 Å². The molecule has 0 aliphatic rings. The summed E-state index contributed by atoms with van der Waals surface area (Å²) in [6.07, 6.45) is 5.75. The number of fused-ring (bicyclic) bond motifs is 1. The standard InChI is InChI=1S/C19H16ClFN2O/c1-12(2)18-15(5-4-10-24)19(22-23-9-3-6-17(18)23)14-8-7-13(21)11-16(14)20/h3-12H,1-2H3. The van der Waals surface area contributed by atoms with Gasteiger partial charge in [0.2, 0.25) is 0 Å². The second-order valence-electron chi connectivity index (χ2n) is 5.79. The Bertz CT molecular complexity index is 944. The normalized spacial score (nSPS) is 11.7. The van der Waals surface area contributed by atoms with Crippen LogP contribution >= 0.6 is 11.6 Å². The Kier molecular flexibility index (Phi) is 4.49. The molecule has 0 saturated carbocycles. The minimum atomic E-state index is -0.403. The van der Waals surface area contributed by atoms with Gasteiger partial charge >= 0.3 is 0 Å². The van der Waals surface area contributed by atoms with Crippen molar-refractivity contribution in [3.63, 3.8) is 0 Å². The quantitative estimate of drug-likeness (QED) is 0.486. The molecule has 5 heteroatoms. The van der Waals surface area contributed by atoms with Gasteiger partial charge in [0, 0.05) is 17.3 Å². The molecule has 2 aromatic heterocycles. The SMILES string of the molecule is CC(C)c1c(C=CC=O)c(-c2ccc(F)cc2Cl)nn2cccc12. The molecular weight excluding hydrogens is 327 g/mol. The smallest absolute Gasteiger partial charge is 0.142 e. The van der Waals surface area contributed by atoms with Crippen LogP contribution in [-0.2, 0) is 4.79 Å². The van der Waals surface area contributed by atoms with Gasteiger partial charge in [-0.3, -0.25) is 4.79 Å². The number of allylic oxidation sites excluding steroid dienone is 1. The summed E-state index contributed by atoms with van der Waals surface area (Å²) in [6, 6.07) is 8.12. The molecular formula is C19H16ClFN2O. The molecule has 0 saturated heterocycles. The summed E-state index contributed by atoms with van der Waals surface area (Å²) < 4.78 is 15.2. The molecule has 0 N–H and O–H groups in total. The molecule has 0 aliphatic heterocycles. The molecule has 0 unspecified atom stereocenters. The van der Waals surface area contributed by atoms with Crippen molar-refractivity contribution in [2.75, 3.05) is 0 Å². The molecule has 0 fully saturated rings. The molecule has 0 atom stereocenters. The van der Waals surface area contributed by atoms with Crippen LogP contribution in [0.3, 0.4) is 0 Å². The third kappa shape index (κ3) is 2.85. The summed E-state index contributed by atoms with van der Waals surface area (Å²) in [5.74, 6) is -0.200. The van der Waals surface area contributed by atoms with Crippen LogP contribution in [0.25, 0.3) is 22.9 Å². The predicted octanol–water partition coefficient (Wildman–Crippen LogP) is 5.13. The highest BCUT2D eigenvalue weighted by Gasteiger charge is 2.19. The minimum Gasteiger partial charge on any atom is -0.299 e. The average molecular weight is 343 g/mol. The van der Waals surface area contributed by atoms with E-state index < -0.39 is 5.82 Å². The van der Waals surface area contributed by atoms with Gasteiger partial charge in [0.25, 0.3) is 0 Å². The molecule has 2 heterocycles. The number of rotatable bonds is 4. The van der Waals surface area contributed by atoms with Crippen LogP contribution in [0.1, 0.15) is 30.9 Å². The van der Waals surface area contributed by atoms with Gasteiger partial charge in [0.05, 0.1) is 10.5 Å². The molecule has 0 bridgehead atoms. The maximum absolute atomic E-state index is 13.4. The Morgan fingerprint density at radius 1 is 1.29 bits per heavy atom. The van der Waals surface area contributed by atoms with Crippen LogP contribution in [0, 0.1) is 5.82 Å². The lowest BCUT2D eigenvalue weighted by Crippen LogP contribution is -2.05. The van der Waals surface area contributed by atoms with Crippen LogP contribution in [0.2, 0.25) is 5.02 Å². The van der Waals surface area contributed by atoms with Gasteiger partial charge in [-0.25, -0.2) is 8.91 Å². The first-order valence-corrected chi connectivity index (χ1v) is 7.99. The maximum atomic E-state index is 13.4. The summed E-state index contributed by atoms with van der Waals surface area (Å²) in [5, 5.41) is 4.92. The molecule has 0 spiro atoms. The molecule has 0 amide bonds. The zero-order valence-electron chi connectivity index (χ0n) is 13.3. The Hall–Kier alpha value is -2.46. The van der Waals surface area contributed by atoms with Crippen molar-refractivity contribution >= 4 is 29.5 Å². The predicted molar refractivity (Wildman–Crippen MR) is 94.8 cm³/mol. The number of benzene rings is 1. The first kappa shape index (κ1) is 16.4. The van der Waals surface area contributed by atoms with Crippen LogP contribution < -0.4 is 0 Å². The van der Waals surface area contributed by atoms with Crippen LogP contribution in [0.4, 0.5) is 4.39 Å². The van der Waals surface area contributed by atoms with E-state index in [-0.39, 0.29) is 10.9 Å². The number of hydrogen-bond donors (Lipinski definition) is 0. The molecule has 3 nitrogen and oxygen atoms in total. The molecule has 0 radical (unpaired) electrons. The van der Waals surface area contributed by atoms with E-state index in [2.05, 4.69) is 18.9 Å². The largest absolute Gasteiger partial charge is 0.299 e. The van der Waals surface area contributed by atoms with Gasteiger partial charge < -0.3 is 0 Å². The molecule has 3 rings (SSSR count). The molecule has 3 aromatic rings. The zero-order chi connectivity index (χ0) is 17.3. The lowest BCUT2D eigenvalue weighted by atomic mass is 9.93. The van der Waals surface area contributed by atoms with Crippen molar-refractivity contribution in [1.29, 1.82) is 0 Å². The number of carbonyl (C=O) groups excluding carboxylic acids is 1. The van der Waals surface area contributed by atoms with Gasteiger partial charge in [-0.1, -0.05) is 25.4 Å². The highest BCUT2D eigenvalue weighted by atomic mass is 35.5. The lowest BCUT2D eigenvalue weighted by molar-refractivity contribution is -0.104. The van der Waals surface area contributed by atoms with Crippen LogP contribution in [0.15, 0.2) is 42.6 Å². The fourth-order valence-electron chi connectivity index (χ4n) is 2.89. The molecule has 24 heavy (non-hydrogen) atoms. The maximum Gasteiger partial charge on any atom is 0.142 e. The minimum absolute atomic E-state index is 0.203. The van der Waals surface area contributed by atoms with Gasteiger partial charge in [0.15, 0.2) is 0 Å². The van der Waals surface area contributed by atoms with Crippen LogP contribution in [0.5, 0.6) is 0 Å². The van der Waals surface area contributed by atoms with Crippen molar-refractivity contribution < 1.29 is 9.18 Å². The van der Waals surface area contributed by atoms with Crippen molar-refractivity contribution in [1.82, 2.24) is 9.61 Å². The number of hydrogen-bond acceptors (Lipinski definition) is 2. The Labute approximate surface area is 144 Å². The first-order valence-electron chi connectivity index (χ1n) is 7.61. The van der Waals surface area contributed by atoms with E-state index in [1.165, 1.54) is 18.2 Å². The Balaban J connectivity index is 2.41. The van der Waals surface area contributed by atoms with E-state index in [9.17, 15) is 9.18 Å². The number of aromatic nitrogens is 2. The van der Waals surface area contributed by atoms with E-state index in [1.54, 1.807) is 16.7 Å². The van der Waals surface area contributed by atoms with Crippen molar-refractivity contribution in [3.05, 3.63) is 64.6 Å². The van der Waals surface area contributed by atoms with E-state index in [1.807, 2.05) is 18.3 Å². The van der Waals surface area contributed by atoms with Gasteiger partial charge in [-0.2, -0.15) is 5.10 Å². The van der Waals surface area contributed by atoms with Gasteiger partial charge in [-0.05, 0) is 54.0 Å². The highest BCUT2D eigenvalue weighted by molar-refractivity contribution is 6.33. The van der Waals surface area contributed by atoms with E-state index >= 15 is 0 Å². The van der Waals surface area contributed by atoms with Gasteiger partial charge in [0.1, 0.15) is 17.8 Å². The Morgan fingerprint density at radius 3 is 2.75 bits per heavy atom. The van der Waals surface area contributed by atoms with Gasteiger partial charge in [-0.15, -0.1) is 0 Å². The van der Waals surface area contributed by atoms with E-state index in [0.29, 0.717) is 11.3 Å². The number of carbonyl (C=O) groups is 1. The number of nitrogens with zero attached hydrogens (tertiary/aromatic N) is 2. The highest BCUT2D eigenvalue weighted by Crippen LogP contribution is 2.36. The summed E-state index contributed by atoms with van der Waals surface area (Å²) in [5.41, 5.74) is 4.09. The Morgan fingerprint density at radius 2 is 2.08 bits per heavy atom. The summed E-state index contributed by atoms with van der Waals surface area (Å²) in [7, 11) is 0. The van der Waals surface area contributed by atoms with Crippen LogP contribution in [-0.4, -0.2) is 15.9 Å².